The van der Waals surface area contributed by atoms with Crippen molar-refractivity contribution in [3.63, 3.8) is 0 Å². The van der Waals surface area contributed by atoms with Gasteiger partial charge in [-0.25, -0.2) is 9.37 Å². The maximum absolute atomic E-state index is 13.4. The molecule has 0 radical (unpaired) electrons. The van der Waals surface area contributed by atoms with Gasteiger partial charge >= 0.3 is 0 Å². The van der Waals surface area contributed by atoms with E-state index in [9.17, 15) is 8.78 Å². The van der Waals surface area contributed by atoms with Gasteiger partial charge in [-0.3, -0.25) is 9.98 Å². The first-order valence-corrected chi connectivity index (χ1v) is 8.47. The minimum absolute atomic E-state index is 0.109. The molecule has 28 heavy (non-hydrogen) atoms. The Morgan fingerprint density at radius 2 is 2.04 bits per heavy atom. The molecule has 0 saturated heterocycles. The van der Waals surface area contributed by atoms with Gasteiger partial charge in [-0.05, 0) is 43.0 Å². The Bertz CT molecular complexity index is 922. The lowest BCUT2D eigenvalue weighted by atomic mass is 10.0. The van der Waals surface area contributed by atoms with Crippen LogP contribution in [0.5, 0.6) is 5.75 Å². The molecule has 0 spiro atoms. The average Bonchev–Trinajstić information content (AvgIpc) is 2.65. The smallest absolute Gasteiger partial charge is 0.216 e. The fraction of sp³-hybridized carbons (Fsp3) is 0.190. The number of rotatable bonds is 8. The molecular weight excluding hydrogens is 362 g/mol. The lowest BCUT2D eigenvalue weighted by molar-refractivity contribution is 0.345. The molecule has 1 heterocycles. The number of benzene rings is 1. The summed E-state index contributed by atoms with van der Waals surface area (Å²) in [4.78, 5) is 13.3. The molecule has 0 N–H and O–H groups in total. The molecule has 0 amide bonds. The SMILES string of the molecule is C=N/C(=C\N(C)/C=C(\C=NC)c1ccc(F)cc1C)COc1ccnc(F)c1. The lowest BCUT2D eigenvalue weighted by Crippen LogP contribution is -2.08. The Labute approximate surface area is 163 Å². The Morgan fingerprint density at radius 1 is 1.25 bits per heavy atom. The van der Waals surface area contributed by atoms with Crippen molar-refractivity contribution in [2.24, 2.45) is 9.98 Å². The number of allylic oxidation sites excluding steroid dienone is 1. The van der Waals surface area contributed by atoms with E-state index < -0.39 is 5.95 Å². The molecule has 0 saturated carbocycles. The van der Waals surface area contributed by atoms with E-state index in [0.29, 0.717) is 11.4 Å². The number of pyridine rings is 1. The van der Waals surface area contributed by atoms with E-state index in [1.165, 1.54) is 24.4 Å². The van der Waals surface area contributed by atoms with Crippen LogP contribution in [0.2, 0.25) is 0 Å². The molecule has 0 aliphatic rings. The molecule has 1 aromatic carbocycles. The van der Waals surface area contributed by atoms with Crippen molar-refractivity contribution in [2.45, 2.75) is 6.92 Å². The topological polar surface area (TPSA) is 50.1 Å². The maximum Gasteiger partial charge on any atom is 0.216 e. The van der Waals surface area contributed by atoms with Gasteiger partial charge in [0.05, 0.1) is 5.70 Å². The van der Waals surface area contributed by atoms with Crippen molar-refractivity contribution >= 4 is 18.5 Å². The highest BCUT2D eigenvalue weighted by Gasteiger charge is 2.06. The van der Waals surface area contributed by atoms with Gasteiger partial charge in [0.1, 0.15) is 18.2 Å². The van der Waals surface area contributed by atoms with Gasteiger partial charge in [0.15, 0.2) is 0 Å². The Kier molecular flexibility index (Phi) is 7.56. The van der Waals surface area contributed by atoms with Crippen LogP contribution in [-0.2, 0) is 0 Å². The molecule has 0 aliphatic heterocycles. The molecule has 7 heteroatoms. The summed E-state index contributed by atoms with van der Waals surface area (Å²) in [5, 5.41) is 0. The number of halogens is 2. The highest BCUT2D eigenvalue weighted by Crippen LogP contribution is 2.19. The zero-order valence-electron chi connectivity index (χ0n) is 16.1. The zero-order chi connectivity index (χ0) is 20.5. The van der Waals surface area contributed by atoms with Gasteiger partial charge in [0.2, 0.25) is 5.95 Å². The summed E-state index contributed by atoms with van der Waals surface area (Å²) in [5.41, 5.74) is 3.01. The summed E-state index contributed by atoms with van der Waals surface area (Å²) in [6.07, 6.45) is 6.59. The van der Waals surface area contributed by atoms with Crippen LogP contribution in [0.25, 0.3) is 5.57 Å². The van der Waals surface area contributed by atoms with Gasteiger partial charge in [0, 0.05) is 50.5 Å². The molecule has 0 aliphatic carbocycles. The second kappa shape index (κ2) is 10.1. The summed E-state index contributed by atoms with van der Waals surface area (Å²) >= 11 is 0. The molecule has 0 fully saturated rings. The van der Waals surface area contributed by atoms with Crippen LogP contribution < -0.4 is 4.74 Å². The molecular formula is C21H22F2N4O. The van der Waals surface area contributed by atoms with Crippen LogP contribution in [0.3, 0.4) is 0 Å². The molecule has 2 rings (SSSR count). The van der Waals surface area contributed by atoms with Crippen LogP contribution in [0.4, 0.5) is 8.78 Å². The van der Waals surface area contributed by atoms with Gasteiger partial charge in [0.25, 0.3) is 0 Å². The van der Waals surface area contributed by atoms with Crippen LogP contribution >= 0.6 is 0 Å². The standard InChI is InChI=1S/C21H22F2N4O/c1-15-9-17(22)5-6-20(15)16(11-24-2)12-27(4)13-18(25-3)14-28-19-7-8-26-21(23)10-19/h5-13H,3,14H2,1-2,4H3/b16-12+,18-13-,24-11?. The van der Waals surface area contributed by atoms with Gasteiger partial charge in [-0.1, -0.05) is 6.07 Å². The third-order valence-corrected chi connectivity index (χ3v) is 3.75. The second-order valence-corrected chi connectivity index (χ2v) is 5.98. The van der Waals surface area contributed by atoms with Crippen LogP contribution in [0.1, 0.15) is 11.1 Å². The fourth-order valence-electron chi connectivity index (χ4n) is 2.51. The third kappa shape index (κ3) is 6.12. The number of aryl methyl sites for hydroxylation is 1. The van der Waals surface area contributed by atoms with Gasteiger partial charge < -0.3 is 9.64 Å². The Hall–Kier alpha value is -3.35. The van der Waals surface area contributed by atoms with Crippen molar-refractivity contribution in [1.82, 2.24) is 9.88 Å². The highest BCUT2D eigenvalue weighted by molar-refractivity contribution is 6.10. The number of ether oxygens (including phenoxy) is 1. The van der Waals surface area contributed by atoms with Crippen LogP contribution in [-0.4, -0.2) is 43.5 Å². The van der Waals surface area contributed by atoms with Crippen molar-refractivity contribution in [2.75, 3.05) is 20.7 Å². The van der Waals surface area contributed by atoms with E-state index in [-0.39, 0.29) is 12.4 Å². The first-order valence-electron chi connectivity index (χ1n) is 8.47. The zero-order valence-corrected chi connectivity index (χ0v) is 16.1. The van der Waals surface area contributed by atoms with Crippen LogP contribution in [0.15, 0.2) is 64.6 Å². The van der Waals surface area contributed by atoms with Crippen LogP contribution in [0, 0.1) is 18.7 Å². The summed E-state index contributed by atoms with van der Waals surface area (Å²) < 4.78 is 32.0. The van der Waals surface area contributed by atoms with E-state index in [1.807, 2.05) is 20.2 Å². The van der Waals surface area contributed by atoms with E-state index in [0.717, 1.165) is 16.7 Å². The van der Waals surface area contributed by atoms with E-state index in [2.05, 4.69) is 21.7 Å². The summed E-state index contributed by atoms with van der Waals surface area (Å²) in [6.45, 7) is 5.49. The van der Waals surface area contributed by atoms with Gasteiger partial charge in [-0.15, -0.1) is 0 Å². The minimum atomic E-state index is -0.618. The number of hydrogen-bond donors (Lipinski definition) is 0. The normalized spacial score (nSPS) is 12.3. The van der Waals surface area contributed by atoms with Crippen molar-refractivity contribution in [3.8, 4) is 5.75 Å². The highest BCUT2D eigenvalue weighted by atomic mass is 19.1. The summed E-state index contributed by atoms with van der Waals surface area (Å²) in [5.74, 6) is -0.557. The third-order valence-electron chi connectivity index (χ3n) is 3.75. The second-order valence-electron chi connectivity index (χ2n) is 5.98. The van der Waals surface area contributed by atoms with E-state index in [4.69, 9.17) is 4.74 Å². The van der Waals surface area contributed by atoms with Crippen molar-refractivity contribution < 1.29 is 13.5 Å². The van der Waals surface area contributed by atoms with Crippen molar-refractivity contribution in [3.05, 3.63) is 77.5 Å². The first kappa shape index (κ1) is 21.0. The fourth-order valence-corrected chi connectivity index (χ4v) is 2.51. The predicted octanol–water partition coefficient (Wildman–Crippen LogP) is 4.26. The molecule has 1 aromatic heterocycles. The lowest BCUT2D eigenvalue weighted by Gasteiger charge is -2.14. The molecule has 5 nitrogen and oxygen atoms in total. The first-order chi connectivity index (χ1) is 13.4. The monoisotopic (exact) mass is 384 g/mol. The van der Waals surface area contributed by atoms with E-state index in [1.54, 1.807) is 36.5 Å². The molecule has 2 aromatic rings. The molecule has 0 atom stereocenters. The Balaban J connectivity index is 2.19. The summed E-state index contributed by atoms with van der Waals surface area (Å²) in [6, 6.07) is 7.34. The number of aliphatic imine (C=N–C) groups is 2. The van der Waals surface area contributed by atoms with Crippen molar-refractivity contribution in [1.29, 1.82) is 0 Å². The largest absolute Gasteiger partial charge is 0.487 e. The molecule has 146 valence electrons. The van der Waals surface area contributed by atoms with Gasteiger partial charge in [-0.2, -0.15) is 4.39 Å². The number of aromatic nitrogens is 1. The summed E-state index contributed by atoms with van der Waals surface area (Å²) in [7, 11) is 3.49. The number of hydrogen-bond acceptors (Lipinski definition) is 5. The predicted molar refractivity (Wildman–Crippen MR) is 109 cm³/mol. The number of nitrogens with zero attached hydrogens (tertiary/aromatic N) is 4. The minimum Gasteiger partial charge on any atom is -0.487 e. The maximum atomic E-state index is 13.4. The quantitative estimate of drug-likeness (QED) is 0.505. The average molecular weight is 384 g/mol. The Morgan fingerprint density at radius 3 is 2.68 bits per heavy atom. The molecule has 0 bridgehead atoms. The van der Waals surface area contributed by atoms with E-state index >= 15 is 0 Å². The molecule has 0 unspecified atom stereocenters.